The molecule has 0 aromatic heterocycles. The number of carbonyl (C=O) groups excluding carboxylic acids is 2. The highest BCUT2D eigenvalue weighted by atomic mass is 19.4. The van der Waals surface area contributed by atoms with Crippen LogP contribution in [0.3, 0.4) is 0 Å². The summed E-state index contributed by atoms with van der Waals surface area (Å²) in [4.78, 5) is 24.2. The van der Waals surface area contributed by atoms with Crippen molar-refractivity contribution >= 4 is 17.6 Å². The average Bonchev–Trinajstić information content (AvgIpc) is 3.33. The van der Waals surface area contributed by atoms with Crippen molar-refractivity contribution in [3.8, 4) is 5.75 Å². The van der Waals surface area contributed by atoms with Gasteiger partial charge in [-0.2, -0.15) is 13.2 Å². The molecule has 1 heterocycles. The molecule has 1 unspecified atom stereocenters. The number of nitrogens with one attached hydrogen (secondary N) is 2. The van der Waals surface area contributed by atoms with Gasteiger partial charge in [-0.25, -0.2) is 4.79 Å². The zero-order valence-corrected chi connectivity index (χ0v) is 14.8. The molecule has 1 aliphatic carbocycles. The second kappa shape index (κ2) is 7.38. The van der Waals surface area contributed by atoms with E-state index in [0.29, 0.717) is 0 Å². The van der Waals surface area contributed by atoms with Gasteiger partial charge in [0.05, 0.1) is 18.4 Å². The molecule has 2 N–H and O–H groups in total. The van der Waals surface area contributed by atoms with E-state index in [2.05, 4.69) is 15.4 Å². The quantitative estimate of drug-likeness (QED) is 0.761. The molecule has 1 amide bonds. The number of piperidine rings is 1. The van der Waals surface area contributed by atoms with E-state index in [1.165, 1.54) is 19.2 Å². The standard InChI is InChI=1S/C18H21F3N2O4/c1-26-16(25)11-2-3-13(14(8-11)27-10-18(19,20)21)23-15(24)12-9-17(12)4-6-22-7-5-17/h2-3,8,12,22H,4-7,9-10H2,1H3,(H,23,24). The van der Waals surface area contributed by atoms with Crippen LogP contribution in [0.25, 0.3) is 0 Å². The minimum absolute atomic E-state index is 0.00567. The molecule has 1 atom stereocenters. The van der Waals surface area contributed by atoms with E-state index in [9.17, 15) is 22.8 Å². The molecule has 3 rings (SSSR count). The molecule has 1 aliphatic heterocycles. The van der Waals surface area contributed by atoms with Crippen LogP contribution in [0.1, 0.15) is 29.6 Å². The Morgan fingerprint density at radius 1 is 1.30 bits per heavy atom. The minimum atomic E-state index is -4.54. The molecule has 0 radical (unpaired) electrons. The predicted octanol–water partition coefficient (Wildman–Crippen LogP) is 2.74. The smallest absolute Gasteiger partial charge is 0.422 e. The van der Waals surface area contributed by atoms with Crippen LogP contribution in [-0.2, 0) is 9.53 Å². The number of anilines is 1. The number of amides is 1. The number of hydrogen-bond acceptors (Lipinski definition) is 5. The lowest BCUT2D eigenvalue weighted by atomic mass is 9.92. The van der Waals surface area contributed by atoms with Gasteiger partial charge >= 0.3 is 12.1 Å². The number of halogens is 3. The molecule has 9 heteroatoms. The van der Waals surface area contributed by atoms with Gasteiger partial charge in [0.1, 0.15) is 5.75 Å². The van der Waals surface area contributed by atoms with Gasteiger partial charge in [-0.05, 0) is 56.0 Å². The topological polar surface area (TPSA) is 76.7 Å². The molecule has 27 heavy (non-hydrogen) atoms. The maximum Gasteiger partial charge on any atom is 0.422 e. The minimum Gasteiger partial charge on any atom is -0.482 e. The van der Waals surface area contributed by atoms with Crippen molar-refractivity contribution in [2.75, 3.05) is 32.1 Å². The van der Waals surface area contributed by atoms with E-state index in [4.69, 9.17) is 4.74 Å². The van der Waals surface area contributed by atoms with Gasteiger partial charge in [-0.1, -0.05) is 0 Å². The Labute approximate surface area is 154 Å². The molecule has 148 valence electrons. The Hall–Kier alpha value is -2.29. The number of ether oxygens (including phenoxy) is 2. The van der Waals surface area contributed by atoms with Crippen molar-refractivity contribution in [3.63, 3.8) is 0 Å². The molecule has 2 fully saturated rings. The van der Waals surface area contributed by atoms with Crippen molar-refractivity contribution in [1.29, 1.82) is 0 Å². The first-order chi connectivity index (χ1) is 12.7. The first-order valence-electron chi connectivity index (χ1n) is 8.68. The van der Waals surface area contributed by atoms with Crippen molar-refractivity contribution in [1.82, 2.24) is 5.32 Å². The molecular weight excluding hydrogens is 365 g/mol. The average molecular weight is 386 g/mol. The fraction of sp³-hybridized carbons (Fsp3) is 0.556. The summed E-state index contributed by atoms with van der Waals surface area (Å²) in [5.41, 5.74) is 0.135. The summed E-state index contributed by atoms with van der Waals surface area (Å²) < 4.78 is 47.0. The van der Waals surface area contributed by atoms with Crippen LogP contribution in [0.4, 0.5) is 18.9 Å². The molecule has 1 aromatic rings. The lowest BCUT2D eigenvalue weighted by Crippen LogP contribution is -2.31. The number of methoxy groups -OCH3 is 1. The summed E-state index contributed by atoms with van der Waals surface area (Å²) in [7, 11) is 1.17. The van der Waals surface area contributed by atoms with Crippen molar-refractivity contribution in [3.05, 3.63) is 23.8 Å². The van der Waals surface area contributed by atoms with Gasteiger partial charge in [-0.3, -0.25) is 4.79 Å². The van der Waals surface area contributed by atoms with E-state index in [0.717, 1.165) is 38.4 Å². The third-order valence-corrected chi connectivity index (χ3v) is 5.16. The maximum atomic E-state index is 12.6. The summed E-state index contributed by atoms with van der Waals surface area (Å²) in [6.45, 7) is 0.189. The fourth-order valence-corrected chi connectivity index (χ4v) is 3.56. The summed E-state index contributed by atoms with van der Waals surface area (Å²) in [5, 5.41) is 5.91. The molecule has 1 aromatic carbocycles. The number of hydrogen-bond donors (Lipinski definition) is 2. The molecule has 0 bridgehead atoms. The SMILES string of the molecule is COC(=O)c1ccc(NC(=O)C2CC23CCNCC3)c(OCC(F)(F)F)c1. The van der Waals surface area contributed by atoms with E-state index in [-0.39, 0.29) is 34.2 Å². The van der Waals surface area contributed by atoms with Crippen molar-refractivity contribution in [2.45, 2.75) is 25.4 Å². The van der Waals surface area contributed by atoms with E-state index < -0.39 is 18.8 Å². The van der Waals surface area contributed by atoms with Crippen LogP contribution in [-0.4, -0.2) is 44.9 Å². The van der Waals surface area contributed by atoms with Gasteiger partial charge in [0, 0.05) is 5.92 Å². The van der Waals surface area contributed by atoms with E-state index in [1.807, 2.05) is 0 Å². The normalized spacial score (nSPS) is 20.8. The van der Waals surface area contributed by atoms with Crippen LogP contribution in [0.5, 0.6) is 5.75 Å². The third-order valence-electron chi connectivity index (χ3n) is 5.16. The Kier molecular flexibility index (Phi) is 5.32. The van der Waals surface area contributed by atoms with Gasteiger partial charge in [0.25, 0.3) is 0 Å². The van der Waals surface area contributed by atoms with Crippen LogP contribution in [0.15, 0.2) is 18.2 Å². The summed E-state index contributed by atoms with van der Waals surface area (Å²) in [6, 6.07) is 3.86. The number of carbonyl (C=O) groups is 2. The zero-order chi connectivity index (χ0) is 19.7. The largest absolute Gasteiger partial charge is 0.482 e. The lowest BCUT2D eigenvalue weighted by Gasteiger charge is -2.23. The highest BCUT2D eigenvalue weighted by molar-refractivity contribution is 5.97. The molecule has 1 saturated heterocycles. The summed E-state index contributed by atoms with van der Waals surface area (Å²) in [5.74, 6) is -1.32. The lowest BCUT2D eigenvalue weighted by molar-refractivity contribution is -0.153. The Morgan fingerprint density at radius 2 is 2.00 bits per heavy atom. The zero-order valence-electron chi connectivity index (χ0n) is 14.8. The number of benzene rings is 1. The molecular formula is C18H21F3N2O4. The highest BCUT2D eigenvalue weighted by Crippen LogP contribution is 2.58. The second-order valence-corrected chi connectivity index (χ2v) is 6.96. The Morgan fingerprint density at radius 3 is 2.63 bits per heavy atom. The summed E-state index contributed by atoms with van der Waals surface area (Å²) >= 11 is 0. The Balaban J connectivity index is 1.75. The van der Waals surface area contributed by atoms with Gasteiger partial charge in [0.15, 0.2) is 6.61 Å². The number of alkyl halides is 3. The van der Waals surface area contributed by atoms with E-state index >= 15 is 0 Å². The second-order valence-electron chi connectivity index (χ2n) is 6.96. The molecule has 1 saturated carbocycles. The maximum absolute atomic E-state index is 12.6. The monoisotopic (exact) mass is 386 g/mol. The predicted molar refractivity (Wildman–Crippen MR) is 90.6 cm³/mol. The van der Waals surface area contributed by atoms with Gasteiger partial charge in [-0.15, -0.1) is 0 Å². The first kappa shape index (κ1) is 19.5. The fourth-order valence-electron chi connectivity index (χ4n) is 3.56. The highest BCUT2D eigenvalue weighted by Gasteiger charge is 2.57. The Bertz CT molecular complexity index is 730. The van der Waals surface area contributed by atoms with Crippen LogP contribution in [0.2, 0.25) is 0 Å². The van der Waals surface area contributed by atoms with Crippen molar-refractivity contribution in [2.24, 2.45) is 11.3 Å². The summed E-state index contributed by atoms with van der Waals surface area (Å²) in [6.07, 6.45) is -1.95. The molecule has 1 spiro atoms. The number of esters is 1. The molecule has 6 nitrogen and oxygen atoms in total. The van der Waals surface area contributed by atoms with Crippen LogP contribution in [0, 0.1) is 11.3 Å². The van der Waals surface area contributed by atoms with Crippen LogP contribution >= 0.6 is 0 Å². The van der Waals surface area contributed by atoms with Gasteiger partial charge < -0.3 is 20.1 Å². The molecule has 2 aliphatic rings. The first-order valence-corrected chi connectivity index (χ1v) is 8.68. The van der Waals surface area contributed by atoms with Crippen molar-refractivity contribution < 1.29 is 32.2 Å². The van der Waals surface area contributed by atoms with Crippen LogP contribution < -0.4 is 15.4 Å². The van der Waals surface area contributed by atoms with Gasteiger partial charge in [0.2, 0.25) is 5.91 Å². The van der Waals surface area contributed by atoms with E-state index in [1.54, 1.807) is 0 Å². The number of rotatable bonds is 5. The third kappa shape index (κ3) is 4.52.